The molecule has 2 rings (SSSR count). The van der Waals surface area contributed by atoms with Gasteiger partial charge in [-0.15, -0.1) is 0 Å². The van der Waals surface area contributed by atoms with Crippen LogP contribution in [0, 0.1) is 0 Å². The van der Waals surface area contributed by atoms with E-state index >= 15 is 0 Å². The van der Waals surface area contributed by atoms with Gasteiger partial charge in [0.1, 0.15) is 31.2 Å². The third-order valence-electron chi connectivity index (χ3n) is 3.73. The van der Waals surface area contributed by atoms with E-state index in [1.54, 1.807) is 0 Å². The molecule has 1 aromatic rings. The lowest BCUT2D eigenvalue weighted by molar-refractivity contribution is -0.155. The first-order valence-corrected chi connectivity index (χ1v) is 8.86. The van der Waals surface area contributed by atoms with Crippen molar-refractivity contribution in [1.82, 2.24) is 9.55 Å². The van der Waals surface area contributed by atoms with Crippen LogP contribution >= 0.6 is 15.9 Å². The number of H-pyrrole nitrogens is 1. The van der Waals surface area contributed by atoms with Gasteiger partial charge in [-0.05, 0) is 0 Å². The summed E-state index contributed by atoms with van der Waals surface area (Å²) in [6.45, 7) is 2.25. The van der Waals surface area contributed by atoms with Crippen LogP contribution in [0.15, 0.2) is 15.8 Å². The summed E-state index contributed by atoms with van der Waals surface area (Å²) in [5.41, 5.74) is -1.86. The summed E-state index contributed by atoms with van der Waals surface area (Å²) in [6, 6.07) is 0. The molecule has 1 fully saturated rings. The number of carbonyl (C=O) groups excluding carboxylic acids is 2. The molecular formula is C15H18BrFN2O7. The summed E-state index contributed by atoms with van der Waals surface area (Å²) in [4.78, 5) is 48.2. The Morgan fingerprint density at radius 1 is 1.42 bits per heavy atom. The van der Waals surface area contributed by atoms with Gasteiger partial charge in [-0.2, -0.15) is 0 Å². The molecule has 0 aromatic carbocycles. The lowest BCUT2D eigenvalue weighted by Gasteiger charge is -2.18. The van der Waals surface area contributed by atoms with Crippen LogP contribution in [-0.4, -0.2) is 45.6 Å². The zero-order valence-corrected chi connectivity index (χ0v) is 15.7. The first-order chi connectivity index (χ1) is 12.2. The van der Waals surface area contributed by atoms with E-state index in [2.05, 4.69) is 15.9 Å². The first-order valence-electron chi connectivity index (χ1n) is 7.74. The van der Waals surface area contributed by atoms with Crippen molar-refractivity contribution in [3.63, 3.8) is 0 Å². The van der Waals surface area contributed by atoms with Gasteiger partial charge < -0.3 is 14.2 Å². The fourth-order valence-corrected chi connectivity index (χ4v) is 2.93. The van der Waals surface area contributed by atoms with Gasteiger partial charge in [0.25, 0.3) is 5.56 Å². The quantitative estimate of drug-likeness (QED) is 0.515. The molecule has 26 heavy (non-hydrogen) atoms. The number of nitrogens with one attached hydrogen (secondary N) is 1. The number of ether oxygens (including phenoxy) is 3. The summed E-state index contributed by atoms with van der Waals surface area (Å²) < 4.78 is 30.6. The van der Waals surface area contributed by atoms with E-state index in [-0.39, 0.29) is 23.9 Å². The number of carbonyl (C=O) groups is 2. The largest absolute Gasteiger partial charge is 0.463 e. The molecule has 1 N–H and O–H groups in total. The Balaban J connectivity index is 2.30. The van der Waals surface area contributed by atoms with Crippen LogP contribution in [-0.2, 0) is 23.8 Å². The molecule has 1 aliphatic rings. The molecule has 0 spiro atoms. The Morgan fingerprint density at radius 3 is 2.69 bits per heavy atom. The standard InChI is InChI=1S/C15H18BrFN2O7/c1-7(20)24-6-12-11(25-8(2)21)3-13(26-12)19-5-9(10(17)4-16)14(22)18-15(19)23/h5,10-13H,3-4,6H2,1-2H3,(H,18,22,23). The zero-order valence-electron chi connectivity index (χ0n) is 14.1. The molecule has 4 atom stereocenters. The minimum Gasteiger partial charge on any atom is -0.463 e. The van der Waals surface area contributed by atoms with E-state index in [0.717, 1.165) is 10.8 Å². The van der Waals surface area contributed by atoms with Crippen molar-refractivity contribution in [2.75, 3.05) is 11.9 Å². The number of halogens is 2. The Kier molecular flexibility index (Phi) is 6.70. The van der Waals surface area contributed by atoms with Crippen LogP contribution < -0.4 is 11.2 Å². The van der Waals surface area contributed by atoms with Crippen molar-refractivity contribution in [2.45, 2.75) is 44.9 Å². The maximum atomic E-state index is 13.9. The molecule has 11 heteroatoms. The van der Waals surface area contributed by atoms with Gasteiger partial charge in [0.05, 0.1) is 5.56 Å². The second-order valence-corrected chi connectivity index (χ2v) is 6.34. The molecule has 2 heterocycles. The number of alkyl halides is 2. The van der Waals surface area contributed by atoms with Crippen molar-refractivity contribution >= 4 is 27.9 Å². The fourth-order valence-electron chi connectivity index (χ4n) is 2.58. The summed E-state index contributed by atoms with van der Waals surface area (Å²) in [5, 5.41) is -0.120. The van der Waals surface area contributed by atoms with Gasteiger partial charge in [-0.25, -0.2) is 9.18 Å². The van der Waals surface area contributed by atoms with Crippen molar-refractivity contribution in [1.29, 1.82) is 0 Å². The van der Waals surface area contributed by atoms with E-state index in [1.165, 1.54) is 13.8 Å². The third kappa shape index (κ3) is 4.79. The predicted octanol–water partition coefficient (Wildman–Crippen LogP) is 0.724. The number of aromatic nitrogens is 2. The highest BCUT2D eigenvalue weighted by Crippen LogP contribution is 2.30. The van der Waals surface area contributed by atoms with Crippen LogP contribution in [0.4, 0.5) is 4.39 Å². The van der Waals surface area contributed by atoms with Gasteiger partial charge in [-0.1, -0.05) is 15.9 Å². The van der Waals surface area contributed by atoms with Crippen LogP contribution in [0.3, 0.4) is 0 Å². The maximum Gasteiger partial charge on any atom is 0.330 e. The van der Waals surface area contributed by atoms with Gasteiger partial charge in [0.2, 0.25) is 0 Å². The lowest BCUT2D eigenvalue weighted by Crippen LogP contribution is -2.35. The van der Waals surface area contributed by atoms with E-state index in [4.69, 9.17) is 14.2 Å². The van der Waals surface area contributed by atoms with E-state index < -0.39 is 47.8 Å². The Bertz CT molecular complexity index is 793. The average Bonchev–Trinajstić information content (AvgIpc) is 2.94. The second kappa shape index (κ2) is 8.58. The zero-order chi connectivity index (χ0) is 19.4. The molecule has 0 amide bonds. The molecule has 144 valence electrons. The van der Waals surface area contributed by atoms with Crippen LogP contribution in [0.25, 0.3) is 0 Å². The minimum absolute atomic E-state index is 0.0716. The molecule has 0 saturated carbocycles. The topological polar surface area (TPSA) is 117 Å². The van der Waals surface area contributed by atoms with Gasteiger partial charge >= 0.3 is 17.6 Å². The summed E-state index contributed by atoms with van der Waals surface area (Å²) in [6.07, 6.45) is -2.96. The smallest absolute Gasteiger partial charge is 0.330 e. The second-order valence-electron chi connectivity index (χ2n) is 5.69. The summed E-state index contributed by atoms with van der Waals surface area (Å²) >= 11 is 2.94. The molecule has 1 aliphatic heterocycles. The number of esters is 2. The van der Waals surface area contributed by atoms with E-state index in [9.17, 15) is 23.6 Å². The van der Waals surface area contributed by atoms with E-state index in [0.29, 0.717) is 0 Å². The molecule has 1 saturated heterocycles. The van der Waals surface area contributed by atoms with Crippen LogP contribution in [0.2, 0.25) is 0 Å². The number of aromatic amines is 1. The van der Waals surface area contributed by atoms with Crippen LogP contribution in [0.1, 0.15) is 38.2 Å². The average molecular weight is 437 g/mol. The minimum atomic E-state index is -1.62. The molecule has 0 bridgehead atoms. The van der Waals surface area contributed by atoms with E-state index in [1.807, 2.05) is 4.98 Å². The van der Waals surface area contributed by atoms with Crippen molar-refractivity contribution < 1.29 is 28.2 Å². The first kappa shape index (κ1) is 20.3. The van der Waals surface area contributed by atoms with Crippen molar-refractivity contribution in [2.24, 2.45) is 0 Å². The Labute approximate surface area is 155 Å². The molecular weight excluding hydrogens is 419 g/mol. The lowest BCUT2D eigenvalue weighted by atomic mass is 10.2. The molecule has 4 unspecified atom stereocenters. The Hall–Kier alpha value is -2.01. The Morgan fingerprint density at radius 2 is 2.12 bits per heavy atom. The highest BCUT2D eigenvalue weighted by molar-refractivity contribution is 9.09. The predicted molar refractivity (Wildman–Crippen MR) is 89.7 cm³/mol. The molecule has 1 aromatic heterocycles. The van der Waals surface area contributed by atoms with Gasteiger partial charge in [-0.3, -0.25) is 23.9 Å². The molecule has 0 aliphatic carbocycles. The van der Waals surface area contributed by atoms with Crippen LogP contribution in [0.5, 0.6) is 0 Å². The third-order valence-corrected chi connectivity index (χ3v) is 4.30. The fraction of sp³-hybridized carbons (Fsp3) is 0.600. The summed E-state index contributed by atoms with van der Waals surface area (Å²) in [5.74, 6) is -1.11. The SMILES string of the molecule is CC(=O)OCC1OC(n2cc(C(F)CBr)c(=O)[nH]c2=O)CC1OC(C)=O. The number of nitrogens with zero attached hydrogens (tertiary/aromatic N) is 1. The number of hydrogen-bond acceptors (Lipinski definition) is 7. The molecule has 0 radical (unpaired) electrons. The van der Waals surface area contributed by atoms with Crippen molar-refractivity contribution in [3.8, 4) is 0 Å². The maximum absolute atomic E-state index is 13.9. The summed E-state index contributed by atoms with van der Waals surface area (Å²) in [7, 11) is 0. The highest BCUT2D eigenvalue weighted by atomic mass is 79.9. The van der Waals surface area contributed by atoms with Gasteiger partial charge in [0, 0.05) is 31.8 Å². The number of rotatable bonds is 6. The highest BCUT2D eigenvalue weighted by Gasteiger charge is 2.40. The monoisotopic (exact) mass is 436 g/mol. The van der Waals surface area contributed by atoms with Crippen molar-refractivity contribution in [3.05, 3.63) is 32.6 Å². The molecule has 9 nitrogen and oxygen atoms in total. The normalized spacial score (nSPS) is 23.5. The number of hydrogen-bond donors (Lipinski definition) is 1. The van der Waals surface area contributed by atoms with Gasteiger partial charge in [0.15, 0.2) is 0 Å².